The molecular formula is C12H13NO3. The third-order valence-electron chi connectivity index (χ3n) is 2.28. The maximum absolute atomic E-state index is 11.6. The first-order valence-corrected chi connectivity index (χ1v) is 5.02. The van der Waals surface area contributed by atoms with E-state index in [1.807, 2.05) is 12.1 Å². The zero-order valence-corrected chi connectivity index (χ0v) is 9.05. The number of rotatable bonds is 4. The lowest BCUT2D eigenvalue weighted by atomic mass is 10.3. The van der Waals surface area contributed by atoms with E-state index in [-0.39, 0.29) is 5.56 Å². The van der Waals surface area contributed by atoms with Gasteiger partial charge in [0, 0.05) is 18.8 Å². The van der Waals surface area contributed by atoms with Crippen molar-refractivity contribution in [3.05, 3.63) is 58.4 Å². The molecule has 0 aliphatic heterocycles. The first kappa shape index (κ1) is 10.7. The Morgan fingerprint density at radius 1 is 1.31 bits per heavy atom. The number of hydrogen-bond donors (Lipinski definition) is 0. The van der Waals surface area contributed by atoms with E-state index in [1.54, 1.807) is 31.6 Å². The standard InChI is InChI=1S/C12H13NO3/c1-13-6-2-4-10(12(13)14)8-15-9-11-5-3-7-16-11/h2-7H,8-9H2,1H3. The third kappa shape index (κ3) is 2.41. The van der Waals surface area contributed by atoms with Crippen LogP contribution in [0.2, 0.25) is 0 Å². The van der Waals surface area contributed by atoms with Crippen molar-refractivity contribution in [3.8, 4) is 0 Å². The monoisotopic (exact) mass is 219 g/mol. The highest BCUT2D eigenvalue weighted by Crippen LogP contribution is 2.03. The smallest absolute Gasteiger partial charge is 0.255 e. The minimum Gasteiger partial charge on any atom is -0.467 e. The van der Waals surface area contributed by atoms with Crippen LogP contribution >= 0.6 is 0 Å². The molecule has 2 heterocycles. The molecule has 16 heavy (non-hydrogen) atoms. The first-order valence-electron chi connectivity index (χ1n) is 5.02. The fraction of sp³-hybridized carbons (Fsp3) is 0.250. The molecule has 2 aromatic rings. The molecule has 0 saturated heterocycles. The summed E-state index contributed by atoms with van der Waals surface area (Å²) in [6, 6.07) is 7.24. The van der Waals surface area contributed by atoms with Crippen LogP contribution < -0.4 is 5.56 Å². The summed E-state index contributed by atoms with van der Waals surface area (Å²) >= 11 is 0. The highest BCUT2D eigenvalue weighted by molar-refractivity contribution is 5.08. The maximum atomic E-state index is 11.6. The van der Waals surface area contributed by atoms with E-state index < -0.39 is 0 Å². The van der Waals surface area contributed by atoms with Gasteiger partial charge in [-0.05, 0) is 24.3 Å². The minimum atomic E-state index is -0.0260. The second-order valence-electron chi connectivity index (χ2n) is 3.52. The Morgan fingerprint density at radius 2 is 2.19 bits per heavy atom. The Bertz CT molecular complexity index is 499. The van der Waals surface area contributed by atoms with Crippen molar-refractivity contribution >= 4 is 0 Å². The molecule has 2 rings (SSSR count). The molecule has 0 N–H and O–H groups in total. The Morgan fingerprint density at radius 3 is 2.94 bits per heavy atom. The van der Waals surface area contributed by atoms with E-state index >= 15 is 0 Å². The van der Waals surface area contributed by atoms with Crippen LogP contribution in [0.1, 0.15) is 11.3 Å². The average molecular weight is 219 g/mol. The van der Waals surface area contributed by atoms with Crippen LogP contribution in [0.5, 0.6) is 0 Å². The van der Waals surface area contributed by atoms with Crippen molar-refractivity contribution < 1.29 is 9.15 Å². The summed E-state index contributed by atoms with van der Waals surface area (Å²) in [5.74, 6) is 0.757. The van der Waals surface area contributed by atoms with Crippen LogP contribution in [0.15, 0.2) is 45.9 Å². The molecule has 0 aliphatic rings. The zero-order valence-electron chi connectivity index (χ0n) is 9.05. The number of pyridine rings is 1. The van der Waals surface area contributed by atoms with Gasteiger partial charge < -0.3 is 13.7 Å². The van der Waals surface area contributed by atoms with Gasteiger partial charge in [-0.1, -0.05) is 0 Å². The molecule has 0 spiro atoms. The number of ether oxygens (including phenoxy) is 1. The summed E-state index contributed by atoms with van der Waals surface area (Å²) in [5.41, 5.74) is 0.624. The van der Waals surface area contributed by atoms with Gasteiger partial charge in [0.25, 0.3) is 5.56 Å². The lowest BCUT2D eigenvalue weighted by molar-refractivity contribution is 0.0919. The fourth-order valence-corrected chi connectivity index (χ4v) is 1.42. The van der Waals surface area contributed by atoms with Crippen LogP contribution in [-0.4, -0.2) is 4.57 Å². The normalized spacial score (nSPS) is 10.6. The first-order chi connectivity index (χ1) is 7.77. The number of nitrogens with zero attached hydrogens (tertiary/aromatic N) is 1. The van der Waals surface area contributed by atoms with Crippen molar-refractivity contribution in [2.75, 3.05) is 0 Å². The lowest BCUT2D eigenvalue weighted by Gasteiger charge is -2.03. The molecule has 0 atom stereocenters. The van der Waals surface area contributed by atoms with Gasteiger partial charge in [0.1, 0.15) is 12.4 Å². The lowest BCUT2D eigenvalue weighted by Crippen LogP contribution is -2.20. The van der Waals surface area contributed by atoms with Crippen LogP contribution in [0.4, 0.5) is 0 Å². The van der Waals surface area contributed by atoms with Gasteiger partial charge in [0.2, 0.25) is 0 Å². The van der Waals surface area contributed by atoms with Gasteiger partial charge in [-0.2, -0.15) is 0 Å². The fourth-order valence-electron chi connectivity index (χ4n) is 1.42. The molecular weight excluding hydrogens is 206 g/mol. The van der Waals surface area contributed by atoms with Gasteiger partial charge in [0.15, 0.2) is 0 Å². The van der Waals surface area contributed by atoms with Crippen molar-refractivity contribution in [2.45, 2.75) is 13.2 Å². The van der Waals surface area contributed by atoms with Gasteiger partial charge in [0.05, 0.1) is 12.9 Å². The Labute approximate surface area is 93.1 Å². The summed E-state index contributed by atoms with van der Waals surface area (Å²) in [5, 5.41) is 0. The molecule has 0 fully saturated rings. The maximum Gasteiger partial charge on any atom is 0.255 e. The van der Waals surface area contributed by atoms with E-state index in [0.29, 0.717) is 18.8 Å². The van der Waals surface area contributed by atoms with Gasteiger partial charge in [-0.3, -0.25) is 4.79 Å². The van der Waals surface area contributed by atoms with Crippen LogP contribution in [0.3, 0.4) is 0 Å². The molecule has 0 saturated carbocycles. The van der Waals surface area contributed by atoms with Crippen LogP contribution in [0, 0.1) is 0 Å². The molecule has 0 amide bonds. The molecule has 84 valence electrons. The Hall–Kier alpha value is -1.81. The predicted octanol–water partition coefficient (Wildman–Crippen LogP) is 1.70. The Kier molecular flexibility index (Phi) is 3.22. The minimum absolute atomic E-state index is 0.0260. The molecule has 4 heteroatoms. The summed E-state index contributed by atoms with van der Waals surface area (Å²) in [6.07, 6.45) is 3.32. The topological polar surface area (TPSA) is 44.4 Å². The van der Waals surface area contributed by atoms with Gasteiger partial charge in [-0.25, -0.2) is 0 Å². The van der Waals surface area contributed by atoms with Crippen molar-refractivity contribution in [2.24, 2.45) is 7.05 Å². The highest BCUT2D eigenvalue weighted by Gasteiger charge is 2.01. The summed E-state index contributed by atoms with van der Waals surface area (Å²) in [6.45, 7) is 0.680. The molecule has 2 aromatic heterocycles. The number of aromatic nitrogens is 1. The molecule has 0 radical (unpaired) electrons. The predicted molar refractivity (Wildman–Crippen MR) is 58.9 cm³/mol. The number of hydrogen-bond acceptors (Lipinski definition) is 3. The van der Waals surface area contributed by atoms with E-state index in [0.717, 1.165) is 5.76 Å². The van der Waals surface area contributed by atoms with E-state index in [4.69, 9.17) is 9.15 Å². The van der Waals surface area contributed by atoms with E-state index in [9.17, 15) is 4.79 Å². The van der Waals surface area contributed by atoms with E-state index in [1.165, 1.54) is 4.57 Å². The van der Waals surface area contributed by atoms with E-state index in [2.05, 4.69) is 0 Å². The second kappa shape index (κ2) is 4.81. The highest BCUT2D eigenvalue weighted by atomic mass is 16.5. The average Bonchev–Trinajstić information content (AvgIpc) is 2.77. The largest absolute Gasteiger partial charge is 0.467 e. The van der Waals surface area contributed by atoms with Gasteiger partial charge in [-0.15, -0.1) is 0 Å². The zero-order chi connectivity index (χ0) is 11.4. The SMILES string of the molecule is Cn1cccc(COCc2ccco2)c1=O. The van der Waals surface area contributed by atoms with Crippen LogP contribution in [0.25, 0.3) is 0 Å². The van der Waals surface area contributed by atoms with Gasteiger partial charge >= 0.3 is 0 Å². The molecule has 0 unspecified atom stereocenters. The van der Waals surface area contributed by atoms with Crippen molar-refractivity contribution in [3.63, 3.8) is 0 Å². The third-order valence-corrected chi connectivity index (χ3v) is 2.28. The van der Waals surface area contributed by atoms with Crippen LogP contribution in [-0.2, 0) is 25.0 Å². The number of furan rings is 1. The Balaban J connectivity index is 1.95. The molecule has 4 nitrogen and oxygen atoms in total. The molecule has 0 aromatic carbocycles. The summed E-state index contributed by atoms with van der Waals surface area (Å²) in [7, 11) is 1.72. The van der Waals surface area contributed by atoms with Crippen molar-refractivity contribution in [1.29, 1.82) is 0 Å². The molecule has 0 aliphatic carbocycles. The summed E-state index contributed by atoms with van der Waals surface area (Å²) in [4.78, 5) is 11.6. The molecule has 0 bridgehead atoms. The van der Waals surface area contributed by atoms with Crippen molar-refractivity contribution in [1.82, 2.24) is 4.57 Å². The summed E-state index contributed by atoms with van der Waals surface area (Å²) < 4.78 is 12.0. The second-order valence-corrected chi connectivity index (χ2v) is 3.52. The quantitative estimate of drug-likeness (QED) is 0.786. The number of aryl methyl sites for hydroxylation is 1.